The van der Waals surface area contributed by atoms with Crippen molar-refractivity contribution in [2.75, 3.05) is 13.2 Å². The first-order valence-electron chi connectivity index (χ1n) is 8.62. The zero-order valence-electron chi connectivity index (χ0n) is 16.1. The van der Waals surface area contributed by atoms with Gasteiger partial charge in [-0.3, -0.25) is 0 Å². The van der Waals surface area contributed by atoms with Crippen molar-refractivity contribution >= 4 is 21.8 Å². The quantitative estimate of drug-likeness (QED) is 0.352. The molecule has 0 heterocycles. The van der Waals surface area contributed by atoms with Gasteiger partial charge in [-0.2, -0.15) is 0 Å². The number of benzene rings is 1. The van der Waals surface area contributed by atoms with Gasteiger partial charge in [0.05, 0.1) is 23.0 Å². The van der Waals surface area contributed by atoms with E-state index in [0.29, 0.717) is 0 Å². The molecular formula is C21H23CoO6S. The third kappa shape index (κ3) is 10.4. The number of carbonyl (C=O) groups excluding carboxylic acids is 2. The summed E-state index contributed by atoms with van der Waals surface area (Å²) in [5.74, 6) is -1.51. The molecule has 0 bridgehead atoms. The molecule has 0 amide bonds. The maximum Gasteiger partial charge on any atom is 0.332 e. The van der Waals surface area contributed by atoms with Gasteiger partial charge in [-0.05, 0) is 64.2 Å². The molecule has 6 nitrogen and oxygen atoms in total. The Morgan fingerprint density at radius 2 is 1.31 bits per heavy atom. The summed E-state index contributed by atoms with van der Waals surface area (Å²) < 4.78 is 34.6. The molecule has 1 aromatic rings. The van der Waals surface area contributed by atoms with E-state index in [1.54, 1.807) is 32.0 Å². The van der Waals surface area contributed by atoms with Gasteiger partial charge in [0.25, 0.3) is 0 Å². The summed E-state index contributed by atoms with van der Waals surface area (Å²) >= 11 is 0. The topological polar surface area (TPSA) is 86.7 Å². The number of esters is 2. The average molecular weight is 462 g/mol. The van der Waals surface area contributed by atoms with Crippen molar-refractivity contribution in [3.05, 3.63) is 85.6 Å². The van der Waals surface area contributed by atoms with Gasteiger partial charge < -0.3 is 9.47 Å². The minimum atomic E-state index is -3.96. The number of rotatable bonds is 7. The van der Waals surface area contributed by atoms with Crippen LogP contribution in [0.4, 0.5) is 0 Å². The Bertz CT molecular complexity index is 773. The second-order valence-electron chi connectivity index (χ2n) is 5.16. The van der Waals surface area contributed by atoms with Crippen LogP contribution in [0, 0.1) is 32.1 Å². The summed E-state index contributed by atoms with van der Waals surface area (Å²) in [4.78, 5) is 22.6. The minimum Gasteiger partial charge on any atom is -0.463 e. The van der Waals surface area contributed by atoms with E-state index in [1.165, 1.54) is 12.1 Å². The SMILES string of the molecule is CCOC(=O)/C=C/C(=C\C(=O)OCC)S(=O)(=O)c1ccccc1.[CH]1[CH][CH][CH][CH]1.[Co]. The van der Waals surface area contributed by atoms with Crippen molar-refractivity contribution in [2.24, 2.45) is 0 Å². The molecule has 1 saturated carbocycles. The smallest absolute Gasteiger partial charge is 0.332 e. The Balaban J connectivity index is 0.00000113. The monoisotopic (exact) mass is 462 g/mol. The zero-order valence-corrected chi connectivity index (χ0v) is 18.0. The summed E-state index contributed by atoms with van der Waals surface area (Å²) in [6.07, 6.45) is 12.8. The largest absolute Gasteiger partial charge is 0.463 e. The standard InChI is InChI=1S/C16H18O6S.C5H5.Co/c1-3-21-15(17)11-10-14(12-16(18)22-4-2)23(19,20)13-8-6-5-7-9-13;1-2-4-5-3-1;/h5-12H,3-4H2,1-2H3;1-5H;/b11-10+,14-12+;;. The molecule has 1 aliphatic rings. The van der Waals surface area contributed by atoms with Crippen molar-refractivity contribution in [1.82, 2.24) is 0 Å². The Kier molecular flexibility index (Phi) is 14.0. The van der Waals surface area contributed by atoms with Crippen LogP contribution in [0.3, 0.4) is 0 Å². The Morgan fingerprint density at radius 3 is 1.79 bits per heavy atom. The Morgan fingerprint density at radius 1 is 0.828 bits per heavy atom. The second kappa shape index (κ2) is 15.0. The van der Waals surface area contributed by atoms with Crippen LogP contribution in [0.15, 0.2) is 58.4 Å². The van der Waals surface area contributed by atoms with Gasteiger partial charge in [0.15, 0.2) is 0 Å². The van der Waals surface area contributed by atoms with Gasteiger partial charge in [-0.25, -0.2) is 18.0 Å². The van der Waals surface area contributed by atoms with Crippen LogP contribution < -0.4 is 0 Å². The molecule has 29 heavy (non-hydrogen) atoms. The molecule has 1 aliphatic carbocycles. The van der Waals surface area contributed by atoms with Crippen LogP contribution >= 0.6 is 0 Å². The van der Waals surface area contributed by atoms with Gasteiger partial charge in [-0.1, -0.05) is 18.2 Å². The molecule has 0 aliphatic heterocycles. The van der Waals surface area contributed by atoms with E-state index in [1.807, 2.05) is 32.1 Å². The van der Waals surface area contributed by atoms with Crippen molar-refractivity contribution in [2.45, 2.75) is 18.7 Å². The number of carbonyl (C=O) groups is 2. The molecular weight excluding hydrogens is 439 g/mol. The molecule has 158 valence electrons. The fourth-order valence-electron chi connectivity index (χ4n) is 1.91. The molecule has 0 spiro atoms. The van der Waals surface area contributed by atoms with Crippen LogP contribution in [0.25, 0.3) is 0 Å². The second-order valence-corrected chi connectivity index (χ2v) is 7.11. The van der Waals surface area contributed by atoms with E-state index < -0.39 is 21.8 Å². The molecule has 1 fully saturated rings. The third-order valence-electron chi connectivity index (χ3n) is 3.14. The third-order valence-corrected chi connectivity index (χ3v) is 4.90. The van der Waals surface area contributed by atoms with Gasteiger partial charge in [0, 0.05) is 28.9 Å². The minimum absolute atomic E-state index is 0. The summed E-state index contributed by atoms with van der Waals surface area (Å²) in [6.45, 7) is 3.49. The molecule has 6 radical (unpaired) electrons. The Hall–Kier alpha value is -1.90. The van der Waals surface area contributed by atoms with E-state index >= 15 is 0 Å². The number of ether oxygens (including phenoxy) is 2. The number of sulfone groups is 1. The van der Waals surface area contributed by atoms with Gasteiger partial charge in [0.2, 0.25) is 9.84 Å². The van der Waals surface area contributed by atoms with E-state index in [-0.39, 0.29) is 39.8 Å². The number of hydrogen-bond donors (Lipinski definition) is 0. The Labute approximate surface area is 183 Å². The molecule has 0 saturated heterocycles. The van der Waals surface area contributed by atoms with Gasteiger partial charge in [0.1, 0.15) is 0 Å². The van der Waals surface area contributed by atoms with Crippen molar-refractivity contribution < 1.29 is 44.3 Å². The zero-order chi connectivity index (χ0) is 20.8. The van der Waals surface area contributed by atoms with E-state index in [2.05, 4.69) is 0 Å². The van der Waals surface area contributed by atoms with Crippen LogP contribution in [-0.2, 0) is 45.7 Å². The summed E-state index contributed by atoms with van der Waals surface area (Å²) in [6, 6.07) is 7.58. The molecule has 0 unspecified atom stereocenters. The summed E-state index contributed by atoms with van der Waals surface area (Å²) in [5.41, 5.74) is 0. The summed E-state index contributed by atoms with van der Waals surface area (Å²) in [7, 11) is -3.96. The number of hydrogen-bond acceptors (Lipinski definition) is 6. The van der Waals surface area contributed by atoms with E-state index in [4.69, 9.17) is 9.47 Å². The number of allylic oxidation sites excluding steroid dienone is 1. The average Bonchev–Trinajstić information content (AvgIpc) is 3.26. The first kappa shape index (κ1) is 27.1. The molecule has 0 aromatic heterocycles. The maximum absolute atomic E-state index is 12.6. The molecule has 2 rings (SSSR count). The van der Waals surface area contributed by atoms with E-state index in [0.717, 1.165) is 18.2 Å². The summed E-state index contributed by atoms with van der Waals surface area (Å²) in [5, 5.41) is 0. The molecule has 0 atom stereocenters. The van der Waals surface area contributed by atoms with Gasteiger partial charge in [-0.15, -0.1) is 0 Å². The predicted molar refractivity (Wildman–Crippen MR) is 106 cm³/mol. The first-order valence-corrected chi connectivity index (χ1v) is 10.1. The van der Waals surface area contributed by atoms with Crippen LogP contribution in [0.2, 0.25) is 0 Å². The first-order chi connectivity index (χ1) is 13.4. The predicted octanol–water partition coefficient (Wildman–Crippen LogP) is 3.05. The fraction of sp³-hybridized carbons (Fsp3) is 0.190. The van der Waals surface area contributed by atoms with Crippen LogP contribution in [-0.4, -0.2) is 33.6 Å². The van der Waals surface area contributed by atoms with Crippen molar-refractivity contribution in [3.63, 3.8) is 0 Å². The van der Waals surface area contributed by atoms with Crippen LogP contribution in [0.5, 0.6) is 0 Å². The maximum atomic E-state index is 12.6. The molecule has 0 N–H and O–H groups in total. The van der Waals surface area contributed by atoms with Crippen molar-refractivity contribution in [3.8, 4) is 0 Å². The fourth-order valence-corrected chi connectivity index (χ4v) is 3.20. The van der Waals surface area contributed by atoms with Gasteiger partial charge >= 0.3 is 11.9 Å². The van der Waals surface area contributed by atoms with E-state index in [9.17, 15) is 18.0 Å². The van der Waals surface area contributed by atoms with Crippen molar-refractivity contribution in [1.29, 1.82) is 0 Å². The van der Waals surface area contributed by atoms with Crippen LogP contribution in [0.1, 0.15) is 13.8 Å². The molecule has 8 heteroatoms. The molecule has 1 aromatic carbocycles. The normalized spacial score (nSPS) is 13.8.